The number of fused-ring (bicyclic) bond motifs is 1. The number of esters is 1. The van der Waals surface area contributed by atoms with Crippen LogP contribution >= 0.6 is 58.4 Å². The average molecular weight is 559 g/mol. The number of aromatic nitrogens is 2. The van der Waals surface area contributed by atoms with Crippen LogP contribution in [0.3, 0.4) is 0 Å². The van der Waals surface area contributed by atoms with Gasteiger partial charge in [0.2, 0.25) is 5.91 Å². The van der Waals surface area contributed by atoms with E-state index in [9.17, 15) is 24.8 Å². The van der Waals surface area contributed by atoms with Crippen molar-refractivity contribution in [3.8, 4) is 0 Å². The number of non-ortho nitro benzene ring substituents is 1. The van der Waals surface area contributed by atoms with Crippen LogP contribution in [0.1, 0.15) is 12.5 Å². The minimum absolute atomic E-state index is 0.0561. The molecule has 1 N–H and O–H groups in total. The lowest BCUT2D eigenvalue weighted by molar-refractivity contribution is -0.384. The zero-order valence-corrected chi connectivity index (χ0v) is 21.9. The highest BCUT2D eigenvalue weighted by Gasteiger charge is 2.58. The highest BCUT2D eigenvalue weighted by atomic mass is 32.2. The van der Waals surface area contributed by atoms with Gasteiger partial charge in [0.15, 0.2) is 14.4 Å². The molecule has 3 atom stereocenters. The number of β-lactam (4-membered cyclic amide) rings is 1. The van der Waals surface area contributed by atoms with Crippen molar-refractivity contribution in [2.75, 3.05) is 11.3 Å². The summed E-state index contributed by atoms with van der Waals surface area (Å²) in [6.45, 7) is 1.47. The van der Waals surface area contributed by atoms with Crippen LogP contribution in [0.5, 0.6) is 0 Å². The molecule has 1 aromatic heterocycles. The van der Waals surface area contributed by atoms with E-state index in [1.54, 1.807) is 6.92 Å². The van der Waals surface area contributed by atoms with Crippen molar-refractivity contribution in [1.29, 1.82) is 0 Å². The number of carbonyl (C=O) groups excluding carboxylic acids is 2. The summed E-state index contributed by atoms with van der Waals surface area (Å²) in [5.74, 6) is -1.55. The van der Waals surface area contributed by atoms with Gasteiger partial charge in [-0.25, -0.2) is 4.79 Å². The van der Waals surface area contributed by atoms with Gasteiger partial charge in [-0.2, -0.15) is 0 Å². The average Bonchev–Trinajstić information content (AvgIpc) is 3.40. The Morgan fingerprint density at radius 2 is 2.00 bits per heavy atom. The number of nitrogens with zero attached hydrogens (tertiary/aromatic N) is 4. The van der Waals surface area contributed by atoms with Crippen LogP contribution in [-0.2, 0) is 20.9 Å². The molecule has 0 aliphatic carbocycles. The molecule has 0 spiro atoms. The number of thioether (sulfide) groups is 4. The van der Waals surface area contributed by atoms with Gasteiger partial charge in [0.1, 0.15) is 12.0 Å². The van der Waals surface area contributed by atoms with Crippen LogP contribution < -0.4 is 0 Å². The highest BCUT2D eigenvalue weighted by Crippen LogP contribution is 2.54. The van der Waals surface area contributed by atoms with Crippen LogP contribution in [0.25, 0.3) is 0 Å². The zero-order valence-electron chi connectivity index (χ0n) is 17.8. The first kappa shape index (κ1) is 25.3. The molecule has 10 nitrogen and oxygen atoms in total. The van der Waals surface area contributed by atoms with Crippen LogP contribution in [0.2, 0.25) is 0 Å². The predicted octanol–water partition coefficient (Wildman–Crippen LogP) is 3.78. The Bertz CT molecular complexity index is 1140. The molecular formula is C19H18N4O6S5. The Labute approximate surface area is 215 Å². The second-order valence-corrected chi connectivity index (χ2v) is 13.1. The van der Waals surface area contributed by atoms with Crippen molar-refractivity contribution in [2.45, 2.75) is 33.7 Å². The molecule has 0 unspecified atom stereocenters. The fourth-order valence-electron chi connectivity index (χ4n) is 3.24. The molecule has 1 amide bonds. The number of nitro benzene ring substituents is 1. The number of nitro groups is 1. The number of amides is 1. The van der Waals surface area contributed by atoms with E-state index in [4.69, 9.17) is 4.74 Å². The maximum atomic E-state index is 13.0. The molecule has 34 heavy (non-hydrogen) atoms. The minimum atomic E-state index is -0.830. The van der Waals surface area contributed by atoms with Crippen LogP contribution in [-0.4, -0.2) is 59.8 Å². The first-order valence-electron chi connectivity index (χ1n) is 9.75. The summed E-state index contributed by atoms with van der Waals surface area (Å²) in [5, 5.41) is 29.2. The topological polar surface area (TPSA) is 136 Å². The van der Waals surface area contributed by atoms with Gasteiger partial charge in [-0.05, 0) is 30.9 Å². The van der Waals surface area contributed by atoms with Gasteiger partial charge in [-0.3, -0.25) is 19.8 Å². The summed E-state index contributed by atoms with van der Waals surface area (Å²) in [6.07, 6.45) is 1.10. The molecule has 2 aliphatic rings. The van der Waals surface area contributed by atoms with Gasteiger partial charge in [0, 0.05) is 12.1 Å². The molecule has 0 radical (unpaired) electrons. The number of hydrogen-bond donors (Lipinski definition) is 1. The van der Waals surface area contributed by atoms with Crippen molar-refractivity contribution in [2.24, 2.45) is 5.92 Å². The Hall–Kier alpha value is -1.78. The number of benzene rings is 1. The van der Waals surface area contributed by atoms with E-state index in [-0.39, 0.29) is 29.3 Å². The third-order valence-corrected chi connectivity index (χ3v) is 10.7. The molecule has 4 rings (SSSR count). The van der Waals surface area contributed by atoms with Gasteiger partial charge in [-0.15, -0.1) is 22.0 Å². The summed E-state index contributed by atoms with van der Waals surface area (Å²) in [7, 11) is 0. The van der Waals surface area contributed by atoms with Gasteiger partial charge in [0.05, 0.1) is 26.3 Å². The Kier molecular flexibility index (Phi) is 8.09. The number of ether oxygens (including phenoxy) is 1. The maximum absolute atomic E-state index is 13.0. The molecule has 1 saturated heterocycles. The normalized spacial score (nSPS) is 20.2. The van der Waals surface area contributed by atoms with Crippen molar-refractivity contribution in [3.05, 3.63) is 49.9 Å². The summed E-state index contributed by atoms with van der Waals surface area (Å²) >= 11 is 7.27. The van der Waals surface area contributed by atoms with Crippen molar-refractivity contribution in [1.82, 2.24) is 15.1 Å². The molecular weight excluding hydrogens is 541 g/mol. The zero-order chi connectivity index (χ0) is 24.4. The maximum Gasteiger partial charge on any atom is 0.357 e. The van der Waals surface area contributed by atoms with E-state index in [2.05, 4.69) is 10.2 Å². The predicted molar refractivity (Wildman–Crippen MR) is 133 cm³/mol. The molecule has 1 aromatic carbocycles. The van der Waals surface area contributed by atoms with Crippen LogP contribution in [0, 0.1) is 16.0 Å². The number of hydrogen-bond acceptors (Lipinski definition) is 13. The number of carbonyl (C=O) groups is 2. The summed E-state index contributed by atoms with van der Waals surface area (Å²) in [6, 6.07) is 5.71. The summed E-state index contributed by atoms with van der Waals surface area (Å²) in [5.41, 5.74) is 0.704. The quantitative estimate of drug-likeness (QED) is 0.113. The lowest BCUT2D eigenvalue weighted by Crippen LogP contribution is -2.60. The first-order chi connectivity index (χ1) is 16.3. The van der Waals surface area contributed by atoms with E-state index < -0.39 is 22.9 Å². The smallest absolute Gasteiger partial charge is 0.357 e. The monoisotopic (exact) mass is 558 g/mol. The molecule has 3 heterocycles. The minimum Gasteiger partial charge on any atom is -0.456 e. The van der Waals surface area contributed by atoms with Crippen molar-refractivity contribution in [3.63, 3.8) is 0 Å². The van der Waals surface area contributed by atoms with E-state index in [1.165, 1.54) is 87.5 Å². The summed E-state index contributed by atoms with van der Waals surface area (Å²) in [4.78, 5) is 37.3. The Morgan fingerprint density at radius 3 is 2.62 bits per heavy atom. The van der Waals surface area contributed by atoms with Gasteiger partial charge in [0.25, 0.3) is 5.69 Å². The van der Waals surface area contributed by atoms with Crippen molar-refractivity contribution >= 4 is 75.9 Å². The van der Waals surface area contributed by atoms with Crippen molar-refractivity contribution < 1.29 is 24.4 Å². The SMILES string of the molecule is CSc1nnc(SCSC2=C(C(=O)OCc3ccc([N+](=O)[O-])cc3)N3C(=O)[C@H]([C@@H](C)O)[C@H]3S2)s1. The first-order valence-corrected chi connectivity index (χ1v) is 14.6. The number of aliphatic hydroxyl groups is 1. The fourth-order valence-corrected chi connectivity index (χ4v) is 9.12. The second kappa shape index (κ2) is 10.9. The number of rotatable bonds is 10. The molecule has 2 aromatic rings. The molecule has 2 aliphatic heterocycles. The lowest BCUT2D eigenvalue weighted by atomic mass is 9.92. The Balaban J connectivity index is 1.45. The van der Waals surface area contributed by atoms with E-state index >= 15 is 0 Å². The highest BCUT2D eigenvalue weighted by molar-refractivity contribution is 8.28. The molecule has 0 saturated carbocycles. The van der Waals surface area contributed by atoms with Gasteiger partial charge >= 0.3 is 5.97 Å². The largest absolute Gasteiger partial charge is 0.456 e. The van der Waals surface area contributed by atoms with Crippen LogP contribution in [0.4, 0.5) is 5.69 Å². The number of aliphatic hydroxyl groups excluding tert-OH is 1. The van der Waals surface area contributed by atoms with Gasteiger partial charge in [-0.1, -0.05) is 46.6 Å². The van der Waals surface area contributed by atoms with E-state index in [0.717, 1.165) is 8.68 Å². The third kappa shape index (κ3) is 5.23. The van der Waals surface area contributed by atoms with Gasteiger partial charge < -0.3 is 9.84 Å². The standard InChI is InChI=1S/C19H18N4O6S5/c1-9(24)12-14(25)22-13(16(26)29-7-10-3-5-11(6-4-10)23(27)28)17(33-15(12)22)31-8-32-19-21-20-18(30-2)34-19/h3-6,9,12,15,24H,7-8H2,1-2H3/t9-,12+,15-/m1/s1. The molecule has 180 valence electrons. The second-order valence-electron chi connectivity index (χ2n) is 7.06. The Morgan fingerprint density at radius 1 is 1.29 bits per heavy atom. The summed E-state index contributed by atoms with van der Waals surface area (Å²) < 4.78 is 7.77. The molecule has 1 fully saturated rings. The molecule has 0 bridgehead atoms. The van der Waals surface area contributed by atoms with E-state index in [1.807, 2.05) is 6.26 Å². The van der Waals surface area contributed by atoms with E-state index in [0.29, 0.717) is 14.9 Å². The lowest BCUT2D eigenvalue weighted by Gasteiger charge is -2.43. The van der Waals surface area contributed by atoms with Crippen LogP contribution in [0.15, 0.2) is 42.9 Å². The fraction of sp³-hybridized carbons (Fsp3) is 0.368. The molecule has 15 heteroatoms. The third-order valence-electron chi connectivity index (χ3n) is 4.91.